The van der Waals surface area contributed by atoms with Crippen LogP contribution in [0.5, 0.6) is 0 Å². The second-order valence-corrected chi connectivity index (χ2v) is 5.07. The molecule has 0 aromatic heterocycles. The Morgan fingerprint density at radius 1 is 1.18 bits per heavy atom. The monoisotopic (exact) mass is 327 g/mol. The molecule has 1 aliphatic heterocycles. The number of hydrogen-bond acceptors (Lipinski definition) is 4. The van der Waals surface area contributed by atoms with Gasteiger partial charge in [-0.15, -0.1) is 12.4 Å². The van der Waals surface area contributed by atoms with Crippen LogP contribution in [0, 0.1) is 0 Å². The fourth-order valence-corrected chi connectivity index (χ4v) is 2.20. The molecule has 3 N–H and O–H groups in total. The first-order valence-corrected chi connectivity index (χ1v) is 7.13. The van der Waals surface area contributed by atoms with Crippen molar-refractivity contribution in [3.05, 3.63) is 24.3 Å². The maximum atomic E-state index is 11.8. The van der Waals surface area contributed by atoms with Crippen LogP contribution < -0.4 is 16.0 Å². The summed E-state index contributed by atoms with van der Waals surface area (Å²) in [5, 5.41) is 8.56. The van der Waals surface area contributed by atoms with E-state index in [9.17, 15) is 9.59 Å². The molecular weight excluding hydrogens is 306 g/mol. The van der Waals surface area contributed by atoms with Crippen LogP contribution >= 0.6 is 12.4 Å². The molecule has 6 nitrogen and oxygen atoms in total. The average molecular weight is 328 g/mol. The smallest absolute Gasteiger partial charge is 0.238 e. The van der Waals surface area contributed by atoms with Crippen molar-refractivity contribution in [2.24, 2.45) is 0 Å². The van der Waals surface area contributed by atoms with E-state index in [1.807, 2.05) is 0 Å². The quantitative estimate of drug-likeness (QED) is 0.744. The lowest BCUT2D eigenvalue weighted by atomic mass is 10.2. The summed E-state index contributed by atoms with van der Waals surface area (Å²) in [4.78, 5) is 22.7. The molecule has 1 aliphatic rings. The van der Waals surface area contributed by atoms with Gasteiger partial charge in [0.15, 0.2) is 0 Å². The number of carbonyl (C=O) groups excluding carboxylic acids is 2. The molecule has 1 aromatic carbocycles. The first-order valence-electron chi connectivity index (χ1n) is 7.13. The molecular formula is C15H22ClN3O3. The number of nitrogens with one attached hydrogen (secondary N) is 3. The molecule has 2 amide bonds. The van der Waals surface area contributed by atoms with E-state index >= 15 is 0 Å². The van der Waals surface area contributed by atoms with Crippen LogP contribution in [0.1, 0.15) is 19.8 Å². The summed E-state index contributed by atoms with van der Waals surface area (Å²) in [6, 6.07) is 7.00. The number of ether oxygens (including phenoxy) is 1. The van der Waals surface area contributed by atoms with Crippen LogP contribution in [0.4, 0.5) is 11.4 Å². The minimum Gasteiger partial charge on any atom is -0.377 e. The van der Waals surface area contributed by atoms with Crippen LogP contribution in [0.2, 0.25) is 0 Å². The van der Waals surface area contributed by atoms with Crippen molar-refractivity contribution >= 4 is 35.6 Å². The normalized spacial score (nSPS) is 16.7. The Bertz CT molecular complexity index is 487. The lowest BCUT2D eigenvalue weighted by Gasteiger charge is -2.11. The highest BCUT2D eigenvalue weighted by Crippen LogP contribution is 2.13. The number of amides is 2. The molecule has 0 saturated carbocycles. The van der Waals surface area contributed by atoms with Gasteiger partial charge in [0, 0.05) is 31.5 Å². The largest absolute Gasteiger partial charge is 0.377 e. The highest BCUT2D eigenvalue weighted by atomic mass is 35.5. The third-order valence-corrected chi connectivity index (χ3v) is 3.17. The van der Waals surface area contributed by atoms with Gasteiger partial charge in [0.2, 0.25) is 11.8 Å². The summed E-state index contributed by atoms with van der Waals surface area (Å²) in [5.74, 6) is -0.217. The van der Waals surface area contributed by atoms with Gasteiger partial charge in [-0.1, -0.05) is 0 Å². The molecule has 1 atom stereocenters. The zero-order valence-electron chi connectivity index (χ0n) is 12.6. The van der Waals surface area contributed by atoms with Gasteiger partial charge < -0.3 is 20.7 Å². The summed E-state index contributed by atoms with van der Waals surface area (Å²) < 4.78 is 5.47. The Hall–Kier alpha value is -1.63. The number of benzene rings is 1. The maximum Gasteiger partial charge on any atom is 0.238 e. The number of carbonyl (C=O) groups is 2. The summed E-state index contributed by atoms with van der Waals surface area (Å²) in [6.07, 6.45) is 2.38. The van der Waals surface area contributed by atoms with Crippen molar-refractivity contribution in [3.8, 4) is 0 Å². The van der Waals surface area contributed by atoms with E-state index in [0.717, 1.165) is 19.4 Å². The predicted octanol–water partition coefficient (Wildman–Crippen LogP) is 1.77. The SMILES string of the molecule is CC(=O)Nc1ccc(NC(=O)CNCC2CCCO2)cc1.Cl. The lowest BCUT2D eigenvalue weighted by Crippen LogP contribution is -2.33. The average Bonchev–Trinajstić information content (AvgIpc) is 2.93. The molecule has 0 aliphatic carbocycles. The van der Waals surface area contributed by atoms with Crippen molar-refractivity contribution in [3.63, 3.8) is 0 Å². The first-order chi connectivity index (χ1) is 10.1. The summed E-state index contributed by atoms with van der Waals surface area (Å²) in [7, 11) is 0. The minimum absolute atomic E-state index is 0. The van der Waals surface area contributed by atoms with Crippen LogP contribution in [0.3, 0.4) is 0 Å². The molecule has 2 rings (SSSR count). The van der Waals surface area contributed by atoms with Crippen LogP contribution in [-0.4, -0.2) is 37.6 Å². The zero-order chi connectivity index (χ0) is 15.1. The molecule has 7 heteroatoms. The van der Waals surface area contributed by atoms with Gasteiger partial charge in [0.05, 0.1) is 12.6 Å². The van der Waals surface area contributed by atoms with E-state index in [-0.39, 0.29) is 36.9 Å². The molecule has 22 heavy (non-hydrogen) atoms. The first kappa shape index (κ1) is 18.4. The molecule has 1 heterocycles. The molecule has 1 fully saturated rings. The molecule has 1 unspecified atom stereocenters. The van der Waals surface area contributed by atoms with Gasteiger partial charge in [0.25, 0.3) is 0 Å². The maximum absolute atomic E-state index is 11.8. The van der Waals surface area contributed by atoms with E-state index < -0.39 is 0 Å². The van der Waals surface area contributed by atoms with Gasteiger partial charge >= 0.3 is 0 Å². The molecule has 0 radical (unpaired) electrons. The topological polar surface area (TPSA) is 79.5 Å². The van der Waals surface area contributed by atoms with E-state index in [1.54, 1.807) is 24.3 Å². The second-order valence-electron chi connectivity index (χ2n) is 5.07. The van der Waals surface area contributed by atoms with Gasteiger partial charge in [-0.25, -0.2) is 0 Å². The number of anilines is 2. The third kappa shape index (κ3) is 6.43. The Balaban J connectivity index is 0.00000242. The van der Waals surface area contributed by atoms with Gasteiger partial charge in [-0.3, -0.25) is 9.59 Å². The molecule has 1 saturated heterocycles. The Morgan fingerprint density at radius 2 is 1.82 bits per heavy atom. The van der Waals surface area contributed by atoms with Crippen LogP contribution in [-0.2, 0) is 14.3 Å². The number of rotatable bonds is 6. The zero-order valence-corrected chi connectivity index (χ0v) is 13.4. The lowest BCUT2D eigenvalue weighted by molar-refractivity contribution is -0.115. The second kappa shape index (κ2) is 9.40. The van der Waals surface area contributed by atoms with Crippen molar-refractivity contribution in [2.45, 2.75) is 25.9 Å². The highest BCUT2D eigenvalue weighted by Gasteiger charge is 2.15. The van der Waals surface area contributed by atoms with Gasteiger partial charge in [-0.2, -0.15) is 0 Å². The van der Waals surface area contributed by atoms with Crippen LogP contribution in [0.25, 0.3) is 0 Å². The molecule has 0 bridgehead atoms. The third-order valence-electron chi connectivity index (χ3n) is 3.17. The van der Waals surface area contributed by atoms with Gasteiger partial charge in [0.1, 0.15) is 0 Å². The standard InChI is InChI=1S/C15H21N3O3.ClH/c1-11(19)17-12-4-6-13(7-5-12)18-15(20)10-16-9-14-3-2-8-21-14;/h4-7,14,16H,2-3,8-10H2,1H3,(H,17,19)(H,18,20);1H. The molecule has 1 aromatic rings. The highest BCUT2D eigenvalue weighted by molar-refractivity contribution is 5.93. The number of hydrogen-bond donors (Lipinski definition) is 3. The van der Waals surface area contributed by atoms with Crippen molar-refractivity contribution < 1.29 is 14.3 Å². The molecule has 122 valence electrons. The van der Waals surface area contributed by atoms with E-state index in [4.69, 9.17) is 4.74 Å². The Morgan fingerprint density at radius 3 is 2.36 bits per heavy atom. The summed E-state index contributed by atoms with van der Waals surface area (Å²) >= 11 is 0. The molecule has 0 spiro atoms. The van der Waals surface area contributed by atoms with E-state index in [0.29, 0.717) is 17.9 Å². The summed E-state index contributed by atoms with van der Waals surface area (Å²) in [6.45, 7) is 3.23. The van der Waals surface area contributed by atoms with E-state index in [1.165, 1.54) is 6.92 Å². The van der Waals surface area contributed by atoms with Crippen molar-refractivity contribution in [2.75, 3.05) is 30.3 Å². The Labute approximate surface area is 136 Å². The fourth-order valence-electron chi connectivity index (χ4n) is 2.20. The van der Waals surface area contributed by atoms with Crippen molar-refractivity contribution in [1.29, 1.82) is 0 Å². The Kier molecular flexibility index (Phi) is 7.87. The van der Waals surface area contributed by atoms with E-state index in [2.05, 4.69) is 16.0 Å². The minimum atomic E-state index is -0.120. The predicted molar refractivity (Wildman–Crippen MR) is 88.5 cm³/mol. The number of halogens is 1. The fraction of sp³-hybridized carbons (Fsp3) is 0.467. The van der Waals surface area contributed by atoms with Crippen molar-refractivity contribution in [1.82, 2.24) is 5.32 Å². The summed E-state index contributed by atoms with van der Waals surface area (Å²) in [5.41, 5.74) is 1.41. The van der Waals surface area contributed by atoms with Gasteiger partial charge in [-0.05, 0) is 37.1 Å². The van der Waals surface area contributed by atoms with Crippen LogP contribution in [0.15, 0.2) is 24.3 Å².